The minimum atomic E-state index is -3.63. The molecule has 1 N–H and O–H groups in total. The number of benzene rings is 2. The number of sulfonamides is 1. The maximum absolute atomic E-state index is 12.8. The number of rotatable bonds is 9. The first kappa shape index (κ1) is 25.5. The van der Waals surface area contributed by atoms with Crippen LogP contribution in [-0.4, -0.2) is 69.8 Å². The van der Waals surface area contributed by atoms with Crippen molar-refractivity contribution in [3.8, 4) is 11.5 Å². The van der Waals surface area contributed by atoms with E-state index in [1.54, 1.807) is 35.2 Å². The van der Waals surface area contributed by atoms with Crippen molar-refractivity contribution in [2.75, 3.05) is 45.7 Å². The van der Waals surface area contributed by atoms with Crippen molar-refractivity contribution in [1.29, 1.82) is 0 Å². The van der Waals surface area contributed by atoms with Gasteiger partial charge in [-0.3, -0.25) is 9.59 Å². The van der Waals surface area contributed by atoms with Gasteiger partial charge in [-0.05, 0) is 62.6 Å². The van der Waals surface area contributed by atoms with Crippen molar-refractivity contribution in [3.05, 3.63) is 48.0 Å². The van der Waals surface area contributed by atoms with Crippen molar-refractivity contribution in [2.45, 2.75) is 31.1 Å². The Bertz CT molecular complexity index is 1130. The van der Waals surface area contributed by atoms with Crippen LogP contribution in [0.1, 0.15) is 36.5 Å². The van der Waals surface area contributed by atoms with Crippen LogP contribution in [0.5, 0.6) is 11.5 Å². The van der Waals surface area contributed by atoms with Gasteiger partial charge in [-0.1, -0.05) is 6.07 Å². The third kappa shape index (κ3) is 6.27. The van der Waals surface area contributed by atoms with E-state index in [9.17, 15) is 18.0 Å². The zero-order valence-corrected chi connectivity index (χ0v) is 20.6. The van der Waals surface area contributed by atoms with Crippen LogP contribution >= 0.6 is 0 Å². The van der Waals surface area contributed by atoms with Gasteiger partial charge in [0.1, 0.15) is 0 Å². The van der Waals surface area contributed by atoms with Crippen molar-refractivity contribution < 1.29 is 27.5 Å². The van der Waals surface area contributed by atoms with Crippen LogP contribution in [0.2, 0.25) is 0 Å². The lowest BCUT2D eigenvalue weighted by Gasteiger charge is -2.26. The van der Waals surface area contributed by atoms with Gasteiger partial charge in [-0.2, -0.15) is 0 Å². The van der Waals surface area contributed by atoms with E-state index in [1.807, 2.05) is 6.92 Å². The highest BCUT2D eigenvalue weighted by Crippen LogP contribution is 2.29. The third-order valence-electron chi connectivity index (χ3n) is 5.44. The van der Waals surface area contributed by atoms with Crippen LogP contribution in [0.4, 0.5) is 5.69 Å². The van der Waals surface area contributed by atoms with Gasteiger partial charge in [-0.15, -0.1) is 0 Å². The lowest BCUT2D eigenvalue weighted by molar-refractivity contribution is -0.134. The SMILES string of the molecule is CCOc1cc(C(=O)Nc2cccc(S(=O)(=O)N(C)C)c2)ccc1OCC(=O)N1CCCCC1. The summed E-state index contributed by atoms with van der Waals surface area (Å²) in [5, 5.41) is 2.71. The summed E-state index contributed by atoms with van der Waals surface area (Å²) in [6.45, 7) is 3.56. The van der Waals surface area contributed by atoms with Gasteiger partial charge < -0.3 is 19.7 Å². The van der Waals surface area contributed by atoms with Crippen molar-refractivity contribution in [2.24, 2.45) is 0 Å². The fraction of sp³-hybridized carbons (Fsp3) is 0.417. The van der Waals surface area contributed by atoms with E-state index in [2.05, 4.69) is 5.32 Å². The first-order valence-corrected chi connectivity index (χ1v) is 12.7. The molecule has 0 bridgehead atoms. The Kier molecular flexibility index (Phi) is 8.51. The predicted molar refractivity (Wildman–Crippen MR) is 129 cm³/mol. The molecule has 1 heterocycles. The molecule has 2 aromatic carbocycles. The third-order valence-corrected chi connectivity index (χ3v) is 7.25. The van der Waals surface area contributed by atoms with E-state index in [4.69, 9.17) is 9.47 Å². The first-order chi connectivity index (χ1) is 16.2. The molecule has 1 fully saturated rings. The fourth-order valence-electron chi connectivity index (χ4n) is 3.56. The summed E-state index contributed by atoms with van der Waals surface area (Å²) in [5.41, 5.74) is 0.650. The molecule has 0 saturated carbocycles. The molecule has 1 aliphatic rings. The number of nitrogens with one attached hydrogen (secondary N) is 1. The summed E-state index contributed by atoms with van der Waals surface area (Å²) in [6.07, 6.45) is 3.14. The highest BCUT2D eigenvalue weighted by Gasteiger charge is 2.20. The molecule has 2 aromatic rings. The lowest BCUT2D eigenvalue weighted by Crippen LogP contribution is -2.38. The van der Waals surface area contributed by atoms with Crippen molar-refractivity contribution >= 4 is 27.5 Å². The smallest absolute Gasteiger partial charge is 0.260 e. The minimum absolute atomic E-state index is 0.0727. The Hall–Kier alpha value is -3.11. The molecule has 184 valence electrons. The number of piperidine rings is 1. The number of likely N-dealkylation sites (tertiary alicyclic amines) is 1. The summed E-state index contributed by atoms with van der Waals surface area (Å²) in [7, 11) is -0.739. The lowest BCUT2D eigenvalue weighted by atomic mass is 10.1. The van der Waals surface area contributed by atoms with E-state index < -0.39 is 15.9 Å². The molecule has 9 nitrogen and oxygen atoms in total. The average Bonchev–Trinajstić information content (AvgIpc) is 2.83. The molecule has 10 heteroatoms. The fourth-order valence-corrected chi connectivity index (χ4v) is 4.51. The molecule has 0 aliphatic carbocycles. The van der Waals surface area contributed by atoms with Crippen LogP contribution in [-0.2, 0) is 14.8 Å². The van der Waals surface area contributed by atoms with Crippen LogP contribution < -0.4 is 14.8 Å². The highest BCUT2D eigenvalue weighted by atomic mass is 32.2. The van der Waals surface area contributed by atoms with E-state index in [-0.39, 0.29) is 17.4 Å². The van der Waals surface area contributed by atoms with Gasteiger partial charge in [-0.25, -0.2) is 12.7 Å². The molecule has 0 radical (unpaired) electrons. The largest absolute Gasteiger partial charge is 0.490 e. The van der Waals surface area contributed by atoms with E-state index in [0.717, 1.165) is 36.7 Å². The Labute approximate surface area is 200 Å². The second kappa shape index (κ2) is 11.3. The summed E-state index contributed by atoms with van der Waals surface area (Å²) >= 11 is 0. The summed E-state index contributed by atoms with van der Waals surface area (Å²) < 4.78 is 37.2. The van der Waals surface area contributed by atoms with Crippen LogP contribution in [0.3, 0.4) is 0 Å². The highest BCUT2D eigenvalue weighted by molar-refractivity contribution is 7.89. The Morgan fingerprint density at radius 2 is 1.74 bits per heavy atom. The number of carbonyl (C=O) groups is 2. The van der Waals surface area contributed by atoms with Crippen LogP contribution in [0, 0.1) is 0 Å². The zero-order chi connectivity index (χ0) is 24.7. The molecule has 0 atom stereocenters. The summed E-state index contributed by atoms with van der Waals surface area (Å²) in [4.78, 5) is 27.1. The number of hydrogen-bond donors (Lipinski definition) is 1. The zero-order valence-electron chi connectivity index (χ0n) is 19.7. The van der Waals surface area contributed by atoms with Crippen LogP contribution in [0.25, 0.3) is 0 Å². The van der Waals surface area contributed by atoms with Gasteiger partial charge >= 0.3 is 0 Å². The molecule has 34 heavy (non-hydrogen) atoms. The Balaban J connectivity index is 1.71. The first-order valence-electron chi connectivity index (χ1n) is 11.2. The van der Waals surface area contributed by atoms with E-state index in [0.29, 0.717) is 29.4 Å². The number of carbonyl (C=O) groups excluding carboxylic acids is 2. The number of amides is 2. The molecule has 1 saturated heterocycles. The standard InChI is InChI=1S/C24H31N3O6S/c1-4-32-22-15-18(11-12-21(22)33-17-23(28)27-13-6-5-7-14-27)24(29)25-19-9-8-10-20(16-19)34(30,31)26(2)3/h8-12,15-16H,4-7,13-14,17H2,1-3H3,(H,25,29). The number of hydrogen-bond acceptors (Lipinski definition) is 6. The van der Waals surface area contributed by atoms with Crippen molar-refractivity contribution in [1.82, 2.24) is 9.21 Å². The van der Waals surface area contributed by atoms with Gasteiger partial charge in [0, 0.05) is 38.4 Å². The van der Waals surface area contributed by atoms with Gasteiger partial charge in [0.15, 0.2) is 18.1 Å². The Morgan fingerprint density at radius 3 is 2.41 bits per heavy atom. The van der Waals surface area contributed by atoms with Crippen LogP contribution in [0.15, 0.2) is 47.4 Å². The normalized spacial score (nSPS) is 14.1. The minimum Gasteiger partial charge on any atom is -0.490 e. The Morgan fingerprint density at radius 1 is 1.00 bits per heavy atom. The van der Waals surface area contributed by atoms with Crippen molar-refractivity contribution in [3.63, 3.8) is 0 Å². The molecular formula is C24H31N3O6S. The second-order valence-corrected chi connectivity index (χ2v) is 10.2. The van der Waals surface area contributed by atoms with Gasteiger partial charge in [0.2, 0.25) is 10.0 Å². The number of nitrogens with zero attached hydrogens (tertiary/aromatic N) is 2. The van der Waals surface area contributed by atoms with E-state index >= 15 is 0 Å². The summed E-state index contributed by atoms with van der Waals surface area (Å²) in [5.74, 6) is 0.223. The summed E-state index contributed by atoms with van der Waals surface area (Å²) in [6, 6.07) is 10.7. The molecule has 0 aromatic heterocycles. The molecule has 1 aliphatic heterocycles. The second-order valence-electron chi connectivity index (χ2n) is 8.09. The molecule has 0 unspecified atom stereocenters. The number of ether oxygens (including phenoxy) is 2. The maximum Gasteiger partial charge on any atom is 0.260 e. The number of anilines is 1. The average molecular weight is 490 g/mol. The van der Waals surface area contributed by atoms with Gasteiger partial charge in [0.05, 0.1) is 11.5 Å². The van der Waals surface area contributed by atoms with E-state index in [1.165, 1.54) is 26.2 Å². The quantitative estimate of drug-likeness (QED) is 0.581. The molecular weight excluding hydrogens is 458 g/mol. The molecule has 2 amide bonds. The van der Waals surface area contributed by atoms with Gasteiger partial charge in [0.25, 0.3) is 11.8 Å². The molecule has 0 spiro atoms. The predicted octanol–water partition coefficient (Wildman–Crippen LogP) is 2.98. The monoisotopic (exact) mass is 489 g/mol. The molecule has 3 rings (SSSR count). The topological polar surface area (TPSA) is 105 Å². The maximum atomic E-state index is 12.8.